The summed E-state index contributed by atoms with van der Waals surface area (Å²) in [6.07, 6.45) is 4.26. The van der Waals surface area contributed by atoms with Crippen molar-refractivity contribution in [2.75, 3.05) is 45.6 Å². The maximum absolute atomic E-state index is 6.47. The average Bonchev–Trinajstić information content (AvgIpc) is 3.00. The fourth-order valence-corrected chi connectivity index (χ4v) is 9.85. The molecule has 1 fully saturated rings. The van der Waals surface area contributed by atoms with Gasteiger partial charge in [0.05, 0.1) is 26.0 Å². The van der Waals surface area contributed by atoms with Gasteiger partial charge >= 0.3 is 0 Å². The topological polar surface area (TPSA) is 21.7 Å². The number of hydrogen-bond acceptors (Lipinski definition) is 3. The second kappa shape index (κ2) is 13.7. The van der Waals surface area contributed by atoms with Crippen LogP contribution in [0.5, 0.6) is 5.75 Å². The van der Waals surface area contributed by atoms with Crippen LogP contribution in [0.25, 0.3) is 0 Å². The highest BCUT2D eigenvalue weighted by Crippen LogP contribution is 2.55. The summed E-state index contributed by atoms with van der Waals surface area (Å²) < 4.78 is 12.0. The molecular weight excluding hydrogens is 485 g/mol. The van der Waals surface area contributed by atoms with E-state index in [0.717, 1.165) is 64.0 Å². The lowest BCUT2D eigenvalue weighted by Crippen LogP contribution is -2.36. The van der Waals surface area contributed by atoms with Crippen LogP contribution in [-0.4, -0.2) is 50.5 Å². The minimum atomic E-state index is -1.82. The smallest absolute Gasteiger partial charge is 0.122 e. The van der Waals surface area contributed by atoms with Crippen LogP contribution in [0.15, 0.2) is 115 Å². The number of benzene rings is 4. The molecule has 0 amide bonds. The maximum Gasteiger partial charge on any atom is 0.122 e. The number of aryl methyl sites for hydroxylation is 1. The minimum Gasteiger partial charge on any atom is -0.493 e. The van der Waals surface area contributed by atoms with E-state index < -0.39 is 7.26 Å². The Kier molecular flexibility index (Phi) is 9.61. The number of para-hydroxylation sites is 1. The summed E-state index contributed by atoms with van der Waals surface area (Å²) in [5, 5.41) is 4.29. The largest absolute Gasteiger partial charge is 0.493 e. The van der Waals surface area contributed by atoms with Gasteiger partial charge in [0.2, 0.25) is 0 Å². The quantitative estimate of drug-likeness (QED) is 0.175. The van der Waals surface area contributed by atoms with Gasteiger partial charge in [-0.1, -0.05) is 72.8 Å². The van der Waals surface area contributed by atoms with Gasteiger partial charge in [0.1, 0.15) is 28.9 Å². The Hall–Kier alpha value is -2.97. The van der Waals surface area contributed by atoms with Gasteiger partial charge in [0.25, 0.3) is 0 Å². The van der Waals surface area contributed by atoms with Gasteiger partial charge in [-0.3, -0.25) is 4.90 Å². The third-order valence-corrected chi connectivity index (χ3v) is 12.0. The Morgan fingerprint density at radius 1 is 0.632 bits per heavy atom. The zero-order chi connectivity index (χ0) is 25.9. The van der Waals surface area contributed by atoms with Crippen molar-refractivity contribution >= 4 is 23.2 Å². The molecule has 4 aromatic rings. The van der Waals surface area contributed by atoms with E-state index in [9.17, 15) is 0 Å². The molecule has 4 heteroatoms. The second-order valence-electron chi connectivity index (χ2n) is 9.91. The Bertz CT molecular complexity index is 1130. The monoisotopic (exact) mass is 524 g/mol. The first-order valence-corrected chi connectivity index (χ1v) is 15.9. The van der Waals surface area contributed by atoms with Crippen LogP contribution in [0.3, 0.4) is 0 Å². The number of nitrogens with zero attached hydrogens (tertiary/aromatic N) is 1. The highest BCUT2D eigenvalue weighted by atomic mass is 31.2. The molecule has 196 valence electrons. The molecule has 0 N–H and O–H groups in total. The summed E-state index contributed by atoms with van der Waals surface area (Å²) in [6.45, 7) is 5.66. The third kappa shape index (κ3) is 6.53. The molecule has 1 aliphatic rings. The molecule has 1 aliphatic heterocycles. The summed E-state index contributed by atoms with van der Waals surface area (Å²) >= 11 is 0. The molecule has 0 bridgehead atoms. The van der Waals surface area contributed by atoms with E-state index in [0.29, 0.717) is 6.61 Å². The van der Waals surface area contributed by atoms with Crippen molar-refractivity contribution in [2.45, 2.75) is 19.3 Å². The summed E-state index contributed by atoms with van der Waals surface area (Å²) in [4.78, 5) is 2.51. The number of morpholine rings is 1. The summed E-state index contributed by atoms with van der Waals surface area (Å²) in [6, 6.07) is 41.9. The Labute approximate surface area is 228 Å². The van der Waals surface area contributed by atoms with E-state index in [2.05, 4.69) is 120 Å². The number of rotatable bonds is 12. The highest BCUT2D eigenvalue weighted by molar-refractivity contribution is 7.95. The first kappa shape index (κ1) is 26.6. The van der Waals surface area contributed by atoms with E-state index >= 15 is 0 Å². The molecule has 3 nitrogen and oxygen atoms in total. The Morgan fingerprint density at radius 2 is 1.16 bits per heavy atom. The summed E-state index contributed by atoms with van der Waals surface area (Å²) in [5.74, 6) is 1.04. The fourth-order valence-electron chi connectivity index (χ4n) is 5.53. The molecule has 0 atom stereocenters. The molecule has 0 saturated carbocycles. The maximum atomic E-state index is 6.47. The molecule has 5 rings (SSSR count). The van der Waals surface area contributed by atoms with Crippen LogP contribution in [0.1, 0.15) is 18.4 Å². The minimum absolute atomic E-state index is 0.717. The predicted molar refractivity (Wildman–Crippen MR) is 162 cm³/mol. The van der Waals surface area contributed by atoms with E-state index in [-0.39, 0.29) is 0 Å². The van der Waals surface area contributed by atoms with E-state index in [1.54, 1.807) is 0 Å². The average molecular weight is 525 g/mol. The molecule has 0 unspecified atom stereocenters. The lowest BCUT2D eigenvalue weighted by atomic mass is 10.1. The van der Waals surface area contributed by atoms with E-state index in [1.807, 2.05) is 0 Å². The zero-order valence-corrected chi connectivity index (χ0v) is 23.1. The first-order valence-electron chi connectivity index (χ1n) is 13.9. The van der Waals surface area contributed by atoms with Crippen molar-refractivity contribution in [3.63, 3.8) is 0 Å². The van der Waals surface area contributed by atoms with Gasteiger partial charge in [-0.05, 0) is 67.4 Å². The van der Waals surface area contributed by atoms with Crippen LogP contribution in [0.2, 0.25) is 0 Å². The highest BCUT2D eigenvalue weighted by Gasteiger charge is 2.44. The summed E-state index contributed by atoms with van der Waals surface area (Å²) in [5.41, 5.74) is 1.32. The molecule has 0 aliphatic carbocycles. The SMILES string of the molecule is c1ccc([P+](CCCOc2ccccc2CCCN2CCOCC2)(c2ccccc2)c2ccccc2)cc1. The molecule has 0 aromatic heterocycles. The van der Waals surface area contributed by atoms with Gasteiger partial charge in [-0.15, -0.1) is 0 Å². The van der Waals surface area contributed by atoms with Crippen molar-refractivity contribution in [2.24, 2.45) is 0 Å². The van der Waals surface area contributed by atoms with Gasteiger partial charge < -0.3 is 9.47 Å². The van der Waals surface area contributed by atoms with Crippen LogP contribution < -0.4 is 20.7 Å². The number of ether oxygens (including phenoxy) is 2. The van der Waals surface area contributed by atoms with Crippen molar-refractivity contribution in [1.29, 1.82) is 0 Å². The lowest BCUT2D eigenvalue weighted by Gasteiger charge is -2.28. The van der Waals surface area contributed by atoms with Crippen molar-refractivity contribution in [3.05, 3.63) is 121 Å². The summed E-state index contributed by atoms with van der Waals surface area (Å²) in [7, 11) is -1.82. The van der Waals surface area contributed by atoms with Gasteiger partial charge in [0.15, 0.2) is 0 Å². The van der Waals surface area contributed by atoms with Crippen molar-refractivity contribution in [3.8, 4) is 5.75 Å². The lowest BCUT2D eigenvalue weighted by molar-refractivity contribution is 0.0374. The second-order valence-corrected chi connectivity index (χ2v) is 13.5. The standard InChI is InChI=1S/C34H39NO2P/c1-4-16-31(17-5-1)38(32-18-6-2-7-19-32,33-20-8-3-9-21-33)29-13-26-37-34-22-11-10-14-30(34)15-12-23-35-24-27-36-28-25-35/h1-11,14,16-22H,12-13,15,23-29H2/q+1. The van der Waals surface area contributed by atoms with E-state index in [4.69, 9.17) is 9.47 Å². The molecule has 4 aromatic carbocycles. The molecule has 1 saturated heterocycles. The molecule has 1 heterocycles. The number of hydrogen-bond donors (Lipinski definition) is 0. The first-order chi connectivity index (χ1) is 18.9. The van der Waals surface area contributed by atoms with E-state index in [1.165, 1.54) is 21.5 Å². The van der Waals surface area contributed by atoms with Crippen molar-refractivity contribution in [1.82, 2.24) is 4.90 Å². The van der Waals surface area contributed by atoms with Crippen molar-refractivity contribution < 1.29 is 9.47 Å². The molecule has 0 radical (unpaired) electrons. The Morgan fingerprint density at radius 3 is 1.74 bits per heavy atom. The fraction of sp³-hybridized carbons (Fsp3) is 0.294. The Balaban J connectivity index is 1.30. The van der Waals surface area contributed by atoms with Gasteiger partial charge in [0, 0.05) is 19.5 Å². The molecule has 0 spiro atoms. The third-order valence-electron chi connectivity index (χ3n) is 7.48. The predicted octanol–water partition coefficient (Wildman–Crippen LogP) is 5.71. The van der Waals surface area contributed by atoms with Gasteiger partial charge in [-0.2, -0.15) is 0 Å². The van der Waals surface area contributed by atoms with Gasteiger partial charge in [-0.25, -0.2) is 0 Å². The van der Waals surface area contributed by atoms with Crippen LogP contribution in [0, 0.1) is 0 Å². The van der Waals surface area contributed by atoms with Crippen LogP contribution >= 0.6 is 7.26 Å². The zero-order valence-electron chi connectivity index (χ0n) is 22.3. The van der Waals surface area contributed by atoms with Crippen LogP contribution in [-0.2, 0) is 11.2 Å². The normalized spacial score (nSPS) is 14.3. The molecule has 38 heavy (non-hydrogen) atoms. The van der Waals surface area contributed by atoms with Crippen LogP contribution in [0.4, 0.5) is 0 Å². The molecular formula is C34H39NO2P+.